The van der Waals surface area contributed by atoms with Crippen LogP contribution in [0, 0.1) is 11.6 Å². The molecule has 5 nitrogen and oxygen atoms in total. The molecule has 1 saturated heterocycles. The minimum Gasteiger partial charge on any atom is -0.353 e. The molecule has 1 heterocycles. The summed E-state index contributed by atoms with van der Waals surface area (Å²) in [7, 11) is 0. The van der Waals surface area contributed by atoms with Crippen LogP contribution in [0.25, 0.3) is 0 Å². The first-order chi connectivity index (χ1) is 9.52. The summed E-state index contributed by atoms with van der Waals surface area (Å²) in [5, 5.41) is 5.02. The molecule has 7 heteroatoms. The van der Waals surface area contributed by atoms with Crippen molar-refractivity contribution in [3.8, 4) is 0 Å². The number of hydrogen-bond acceptors (Lipinski definition) is 2. The average Bonchev–Trinajstić information content (AvgIpc) is 2.41. The van der Waals surface area contributed by atoms with Crippen LogP contribution >= 0.6 is 0 Å². The van der Waals surface area contributed by atoms with Gasteiger partial charge in [0.15, 0.2) is 0 Å². The fraction of sp³-hybridized carbons (Fsp3) is 0.385. The first-order valence-corrected chi connectivity index (χ1v) is 6.33. The van der Waals surface area contributed by atoms with Crippen molar-refractivity contribution in [1.29, 1.82) is 0 Å². The van der Waals surface area contributed by atoms with Gasteiger partial charge < -0.3 is 15.5 Å². The van der Waals surface area contributed by atoms with Crippen molar-refractivity contribution in [1.82, 2.24) is 10.2 Å². The topological polar surface area (TPSA) is 61.4 Å². The number of halogens is 2. The Morgan fingerprint density at radius 1 is 1.50 bits per heavy atom. The molecule has 1 atom stereocenters. The number of anilines is 1. The van der Waals surface area contributed by atoms with Gasteiger partial charge in [0.05, 0.1) is 5.69 Å². The zero-order chi connectivity index (χ0) is 14.7. The molecule has 20 heavy (non-hydrogen) atoms. The minimum absolute atomic E-state index is 0.114. The van der Waals surface area contributed by atoms with Crippen molar-refractivity contribution in [3.05, 3.63) is 29.8 Å². The van der Waals surface area contributed by atoms with Gasteiger partial charge in [-0.15, -0.1) is 0 Å². The van der Waals surface area contributed by atoms with Crippen molar-refractivity contribution in [2.24, 2.45) is 0 Å². The van der Waals surface area contributed by atoms with Gasteiger partial charge in [-0.3, -0.25) is 4.79 Å². The smallest absolute Gasteiger partial charge is 0.322 e. The number of benzene rings is 1. The third-order valence-corrected chi connectivity index (χ3v) is 3.15. The third kappa shape index (κ3) is 2.87. The number of amides is 3. The van der Waals surface area contributed by atoms with Gasteiger partial charge >= 0.3 is 6.03 Å². The van der Waals surface area contributed by atoms with Crippen LogP contribution < -0.4 is 10.6 Å². The van der Waals surface area contributed by atoms with Crippen LogP contribution in [-0.2, 0) is 4.79 Å². The maximum Gasteiger partial charge on any atom is 0.322 e. The van der Waals surface area contributed by atoms with Gasteiger partial charge in [0, 0.05) is 19.2 Å². The predicted molar refractivity (Wildman–Crippen MR) is 69.2 cm³/mol. The molecule has 2 rings (SSSR count). The summed E-state index contributed by atoms with van der Waals surface area (Å²) in [4.78, 5) is 25.1. The largest absolute Gasteiger partial charge is 0.353 e. The summed E-state index contributed by atoms with van der Waals surface area (Å²) in [6.45, 7) is 2.49. The van der Waals surface area contributed by atoms with E-state index in [2.05, 4.69) is 10.6 Å². The van der Waals surface area contributed by atoms with Gasteiger partial charge in [0.1, 0.15) is 17.7 Å². The molecule has 2 N–H and O–H groups in total. The summed E-state index contributed by atoms with van der Waals surface area (Å²) in [6.07, 6.45) is 0.463. The molecule has 0 aromatic heterocycles. The zero-order valence-corrected chi connectivity index (χ0v) is 11.0. The number of piperazine rings is 1. The van der Waals surface area contributed by atoms with Crippen LogP contribution in [-0.4, -0.2) is 36.0 Å². The van der Waals surface area contributed by atoms with Crippen LogP contribution in [0.4, 0.5) is 19.3 Å². The first-order valence-electron chi connectivity index (χ1n) is 6.33. The molecule has 1 unspecified atom stereocenters. The maximum absolute atomic E-state index is 13.5. The average molecular weight is 283 g/mol. The second kappa shape index (κ2) is 5.85. The molecule has 0 bridgehead atoms. The van der Waals surface area contributed by atoms with Gasteiger partial charge in [-0.05, 0) is 18.6 Å². The Morgan fingerprint density at radius 2 is 2.25 bits per heavy atom. The van der Waals surface area contributed by atoms with Crippen LogP contribution in [0.1, 0.15) is 13.3 Å². The van der Waals surface area contributed by atoms with Gasteiger partial charge in [-0.25, -0.2) is 13.6 Å². The van der Waals surface area contributed by atoms with Crippen molar-refractivity contribution in [2.45, 2.75) is 19.4 Å². The van der Waals surface area contributed by atoms with Gasteiger partial charge in [0.2, 0.25) is 5.91 Å². The van der Waals surface area contributed by atoms with E-state index >= 15 is 0 Å². The van der Waals surface area contributed by atoms with Crippen LogP contribution in [0.15, 0.2) is 18.2 Å². The molecule has 1 fully saturated rings. The highest BCUT2D eigenvalue weighted by Crippen LogP contribution is 2.17. The highest BCUT2D eigenvalue weighted by molar-refractivity contribution is 5.94. The van der Waals surface area contributed by atoms with E-state index in [1.165, 1.54) is 4.90 Å². The van der Waals surface area contributed by atoms with Crippen molar-refractivity contribution in [3.63, 3.8) is 0 Å². The third-order valence-electron chi connectivity index (χ3n) is 3.15. The quantitative estimate of drug-likeness (QED) is 0.868. The molecule has 1 aliphatic heterocycles. The summed E-state index contributed by atoms with van der Waals surface area (Å²) in [5.74, 6) is -1.80. The molecular formula is C13H15F2N3O2. The van der Waals surface area contributed by atoms with Crippen molar-refractivity contribution in [2.75, 3.05) is 18.4 Å². The lowest BCUT2D eigenvalue weighted by molar-refractivity contribution is -0.127. The zero-order valence-electron chi connectivity index (χ0n) is 11.0. The van der Waals surface area contributed by atoms with E-state index in [1.807, 2.05) is 0 Å². The summed E-state index contributed by atoms with van der Waals surface area (Å²) in [6, 6.07) is 1.74. The molecule has 0 radical (unpaired) electrons. The first kappa shape index (κ1) is 14.2. The summed E-state index contributed by atoms with van der Waals surface area (Å²) in [5.41, 5.74) is -0.114. The lowest BCUT2D eigenvalue weighted by Crippen LogP contribution is -2.57. The SMILES string of the molecule is CCC1C(=O)NCCN1C(=O)Nc1ccc(F)cc1F. The molecule has 0 saturated carbocycles. The minimum atomic E-state index is -0.854. The monoisotopic (exact) mass is 283 g/mol. The van der Waals surface area contributed by atoms with Crippen LogP contribution in [0.2, 0.25) is 0 Å². The number of hydrogen-bond donors (Lipinski definition) is 2. The Balaban J connectivity index is 2.12. The standard InChI is InChI=1S/C13H15F2N3O2/c1-2-11-12(19)16-5-6-18(11)13(20)17-10-4-3-8(14)7-9(10)15/h3-4,7,11H,2,5-6H2,1H3,(H,16,19)(H,17,20). The number of carbonyl (C=O) groups excluding carboxylic acids is 2. The van der Waals surface area contributed by atoms with E-state index in [9.17, 15) is 18.4 Å². The van der Waals surface area contributed by atoms with E-state index < -0.39 is 23.7 Å². The van der Waals surface area contributed by atoms with Crippen molar-refractivity contribution < 1.29 is 18.4 Å². The summed E-state index contributed by atoms with van der Waals surface area (Å²) >= 11 is 0. The van der Waals surface area contributed by atoms with Gasteiger partial charge in [-0.1, -0.05) is 6.92 Å². The number of rotatable bonds is 2. The molecule has 1 aliphatic rings. The summed E-state index contributed by atoms with van der Waals surface area (Å²) < 4.78 is 26.3. The number of urea groups is 1. The Kier molecular flexibility index (Phi) is 4.16. The molecule has 108 valence electrons. The molecule has 3 amide bonds. The van der Waals surface area contributed by atoms with E-state index in [4.69, 9.17) is 0 Å². The maximum atomic E-state index is 13.5. The highest BCUT2D eigenvalue weighted by Gasteiger charge is 2.31. The second-order valence-corrected chi connectivity index (χ2v) is 4.46. The lowest BCUT2D eigenvalue weighted by Gasteiger charge is -2.34. The molecule has 1 aromatic carbocycles. The number of nitrogens with one attached hydrogen (secondary N) is 2. The molecule has 0 spiro atoms. The fourth-order valence-corrected chi connectivity index (χ4v) is 2.14. The Bertz CT molecular complexity index is 536. The lowest BCUT2D eigenvalue weighted by atomic mass is 10.1. The number of carbonyl (C=O) groups is 2. The van der Waals surface area contributed by atoms with Crippen LogP contribution in [0.3, 0.4) is 0 Å². The Morgan fingerprint density at radius 3 is 2.90 bits per heavy atom. The van der Waals surface area contributed by atoms with Gasteiger partial charge in [0.25, 0.3) is 0 Å². The number of nitrogens with zero attached hydrogens (tertiary/aromatic N) is 1. The van der Waals surface area contributed by atoms with E-state index in [0.29, 0.717) is 25.6 Å². The second-order valence-electron chi connectivity index (χ2n) is 4.46. The predicted octanol–water partition coefficient (Wildman–Crippen LogP) is 1.71. The highest BCUT2D eigenvalue weighted by atomic mass is 19.1. The molecule has 0 aliphatic carbocycles. The van der Waals surface area contributed by atoms with E-state index in [-0.39, 0.29) is 11.6 Å². The normalized spacial score (nSPS) is 18.6. The Labute approximate surface area is 114 Å². The van der Waals surface area contributed by atoms with E-state index in [1.54, 1.807) is 6.92 Å². The van der Waals surface area contributed by atoms with Crippen molar-refractivity contribution >= 4 is 17.6 Å². The Hall–Kier alpha value is -2.18. The van der Waals surface area contributed by atoms with Gasteiger partial charge in [-0.2, -0.15) is 0 Å². The van der Waals surface area contributed by atoms with Crippen LogP contribution in [0.5, 0.6) is 0 Å². The fourth-order valence-electron chi connectivity index (χ4n) is 2.14. The molecule has 1 aromatic rings. The molecular weight excluding hydrogens is 268 g/mol. The van der Waals surface area contributed by atoms with E-state index in [0.717, 1.165) is 12.1 Å².